The highest BCUT2D eigenvalue weighted by atomic mass is 19.1. The first kappa shape index (κ1) is 13.3. The number of hydrogen-bond acceptors (Lipinski definition) is 3. The first-order valence-electron chi connectivity index (χ1n) is 6.20. The van der Waals surface area contributed by atoms with Gasteiger partial charge in [-0.25, -0.2) is 4.39 Å². The minimum absolute atomic E-state index is 0.212. The fraction of sp³-hybridized carbons (Fsp3) is 0.267. The van der Waals surface area contributed by atoms with Crippen LogP contribution in [0.2, 0.25) is 0 Å². The van der Waals surface area contributed by atoms with Crippen LogP contribution in [0.15, 0.2) is 42.6 Å². The van der Waals surface area contributed by atoms with Gasteiger partial charge in [0.15, 0.2) is 0 Å². The van der Waals surface area contributed by atoms with E-state index >= 15 is 0 Å². The second-order valence-electron chi connectivity index (χ2n) is 5.16. The molecule has 0 aliphatic heterocycles. The minimum Gasteiger partial charge on any atom is -0.397 e. The van der Waals surface area contributed by atoms with Gasteiger partial charge in [-0.1, -0.05) is 26.0 Å². The molecule has 0 fully saturated rings. The third-order valence-corrected chi connectivity index (χ3v) is 3.11. The van der Waals surface area contributed by atoms with Gasteiger partial charge >= 0.3 is 0 Å². The standard InChI is InChI=1S/C15H18FN3/c1-15(2,13-8-3-4-9-18-13)10-19-14-11(16)6-5-7-12(14)17/h3-9,19H,10,17H2,1-2H3. The predicted molar refractivity (Wildman–Crippen MR) is 76.6 cm³/mol. The smallest absolute Gasteiger partial charge is 0.148 e. The Labute approximate surface area is 112 Å². The Kier molecular flexibility index (Phi) is 3.69. The van der Waals surface area contributed by atoms with Crippen LogP contribution in [0.5, 0.6) is 0 Å². The molecule has 19 heavy (non-hydrogen) atoms. The summed E-state index contributed by atoms with van der Waals surface area (Å²) in [6.45, 7) is 4.66. The van der Waals surface area contributed by atoms with Gasteiger partial charge in [-0.2, -0.15) is 0 Å². The number of nitrogens with two attached hydrogens (primary N) is 1. The number of hydrogen-bond donors (Lipinski definition) is 2. The predicted octanol–water partition coefficient (Wildman–Crippen LogP) is 3.19. The zero-order valence-electron chi connectivity index (χ0n) is 11.2. The molecule has 0 aliphatic carbocycles. The van der Waals surface area contributed by atoms with Gasteiger partial charge in [0.25, 0.3) is 0 Å². The number of benzene rings is 1. The Bertz CT molecular complexity index is 532. The molecule has 0 unspecified atom stereocenters. The van der Waals surface area contributed by atoms with Crippen LogP contribution in [0, 0.1) is 5.82 Å². The van der Waals surface area contributed by atoms with Crippen LogP contribution < -0.4 is 11.1 Å². The van der Waals surface area contributed by atoms with Crippen molar-refractivity contribution in [1.29, 1.82) is 0 Å². The quantitative estimate of drug-likeness (QED) is 0.829. The molecule has 4 heteroatoms. The molecule has 3 nitrogen and oxygen atoms in total. The number of nitrogens with zero attached hydrogens (tertiary/aromatic N) is 1. The molecule has 1 aromatic carbocycles. The van der Waals surface area contributed by atoms with Gasteiger partial charge in [-0.3, -0.25) is 4.98 Å². The van der Waals surface area contributed by atoms with E-state index in [9.17, 15) is 4.39 Å². The Hall–Kier alpha value is -2.10. The maximum atomic E-state index is 13.7. The number of para-hydroxylation sites is 1. The lowest BCUT2D eigenvalue weighted by molar-refractivity contribution is 0.535. The molecule has 0 saturated carbocycles. The summed E-state index contributed by atoms with van der Waals surface area (Å²) in [5.41, 5.74) is 7.28. The molecule has 2 aromatic rings. The second-order valence-corrected chi connectivity index (χ2v) is 5.16. The highest BCUT2D eigenvalue weighted by Crippen LogP contribution is 2.26. The third-order valence-electron chi connectivity index (χ3n) is 3.11. The summed E-state index contributed by atoms with van der Waals surface area (Å²) in [5.74, 6) is -0.336. The van der Waals surface area contributed by atoms with Crippen LogP contribution in [-0.2, 0) is 5.41 Å². The van der Waals surface area contributed by atoms with Gasteiger partial charge in [0.2, 0.25) is 0 Å². The van der Waals surface area contributed by atoms with Crippen LogP contribution in [0.4, 0.5) is 15.8 Å². The molecule has 0 saturated heterocycles. The summed E-state index contributed by atoms with van der Waals surface area (Å²) in [5, 5.41) is 3.08. The molecule has 0 aliphatic rings. The van der Waals surface area contributed by atoms with Gasteiger partial charge in [-0.15, -0.1) is 0 Å². The van der Waals surface area contributed by atoms with E-state index in [0.717, 1.165) is 5.69 Å². The number of anilines is 2. The van der Waals surface area contributed by atoms with E-state index in [2.05, 4.69) is 24.1 Å². The monoisotopic (exact) mass is 259 g/mol. The van der Waals surface area contributed by atoms with Crippen molar-refractivity contribution in [2.45, 2.75) is 19.3 Å². The number of pyridine rings is 1. The second kappa shape index (κ2) is 5.26. The molecule has 1 heterocycles. The summed E-state index contributed by atoms with van der Waals surface area (Å²) in [4.78, 5) is 4.34. The lowest BCUT2D eigenvalue weighted by Crippen LogP contribution is -2.29. The van der Waals surface area contributed by atoms with E-state index in [4.69, 9.17) is 5.73 Å². The van der Waals surface area contributed by atoms with Crippen molar-refractivity contribution in [2.75, 3.05) is 17.6 Å². The maximum Gasteiger partial charge on any atom is 0.148 e. The molecule has 0 bridgehead atoms. The molecule has 0 atom stereocenters. The Balaban J connectivity index is 2.14. The summed E-state index contributed by atoms with van der Waals surface area (Å²) in [6.07, 6.45) is 1.76. The van der Waals surface area contributed by atoms with Gasteiger partial charge in [-0.05, 0) is 24.3 Å². The summed E-state index contributed by atoms with van der Waals surface area (Å²) >= 11 is 0. The van der Waals surface area contributed by atoms with Gasteiger partial charge in [0.05, 0.1) is 11.4 Å². The molecule has 100 valence electrons. The van der Waals surface area contributed by atoms with Crippen molar-refractivity contribution in [3.05, 3.63) is 54.1 Å². The number of rotatable bonds is 4. The third kappa shape index (κ3) is 3.02. The van der Waals surface area contributed by atoms with Crippen molar-refractivity contribution >= 4 is 11.4 Å². The normalized spacial score (nSPS) is 11.3. The number of aromatic nitrogens is 1. The zero-order valence-corrected chi connectivity index (χ0v) is 11.2. The Morgan fingerprint density at radius 1 is 1.21 bits per heavy atom. The van der Waals surface area contributed by atoms with Crippen LogP contribution in [0.3, 0.4) is 0 Å². The zero-order chi connectivity index (χ0) is 13.9. The van der Waals surface area contributed by atoms with Gasteiger partial charge in [0, 0.05) is 23.9 Å². The van der Waals surface area contributed by atoms with E-state index in [0.29, 0.717) is 17.9 Å². The van der Waals surface area contributed by atoms with Crippen molar-refractivity contribution in [3.63, 3.8) is 0 Å². The number of nitrogen functional groups attached to an aromatic ring is 1. The molecule has 0 amide bonds. The topological polar surface area (TPSA) is 50.9 Å². The van der Waals surface area contributed by atoms with Crippen molar-refractivity contribution in [3.8, 4) is 0 Å². The summed E-state index contributed by atoms with van der Waals surface area (Å²) < 4.78 is 13.7. The van der Waals surface area contributed by atoms with E-state index in [1.54, 1.807) is 18.3 Å². The fourth-order valence-corrected chi connectivity index (χ4v) is 1.89. The number of halogens is 1. The first-order valence-corrected chi connectivity index (χ1v) is 6.20. The van der Waals surface area contributed by atoms with E-state index in [-0.39, 0.29) is 11.2 Å². The van der Waals surface area contributed by atoms with Gasteiger partial charge in [0.1, 0.15) is 5.82 Å². The maximum absolute atomic E-state index is 13.7. The molecular formula is C15H18FN3. The van der Waals surface area contributed by atoms with Crippen molar-refractivity contribution in [2.24, 2.45) is 0 Å². The average Bonchev–Trinajstić information content (AvgIpc) is 2.39. The molecule has 2 rings (SSSR count). The molecule has 0 radical (unpaired) electrons. The van der Waals surface area contributed by atoms with Crippen molar-refractivity contribution in [1.82, 2.24) is 4.98 Å². The van der Waals surface area contributed by atoms with Crippen LogP contribution in [-0.4, -0.2) is 11.5 Å². The highest BCUT2D eigenvalue weighted by Gasteiger charge is 2.22. The largest absolute Gasteiger partial charge is 0.397 e. The Morgan fingerprint density at radius 2 is 2.00 bits per heavy atom. The number of nitrogens with one attached hydrogen (secondary N) is 1. The van der Waals surface area contributed by atoms with E-state index < -0.39 is 0 Å². The fourth-order valence-electron chi connectivity index (χ4n) is 1.89. The molecule has 0 spiro atoms. The highest BCUT2D eigenvalue weighted by molar-refractivity contribution is 5.66. The Morgan fingerprint density at radius 3 is 2.63 bits per heavy atom. The average molecular weight is 259 g/mol. The molecular weight excluding hydrogens is 241 g/mol. The minimum atomic E-state index is -0.336. The van der Waals surface area contributed by atoms with Gasteiger partial charge < -0.3 is 11.1 Å². The summed E-state index contributed by atoms with van der Waals surface area (Å²) in [6, 6.07) is 10.5. The summed E-state index contributed by atoms with van der Waals surface area (Å²) in [7, 11) is 0. The SMILES string of the molecule is CC(C)(CNc1c(N)cccc1F)c1ccccn1. The molecule has 1 aromatic heterocycles. The van der Waals surface area contributed by atoms with E-state index in [1.165, 1.54) is 6.07 Å². The first-order chi connectivity index (χ1) is 9.00. The lowest BCUT2D eigenvalue weighted by Gasteiger charge is -2.25. The molecule has 3 N–H and O–H groups in total. The van der Waals surface area contributed by atoms with E-state index in [1.807, 2.05) is 18.2 Å². The van der Waals surface area contributed by atoms with Crippen LogP contribution >= 0.6 is 0 Å². The lowest BCUT2D eigenvalue weighted by atomic mass is 9.88. The van der Waals surface area contributed by atoms with Crippen LogP contribution in [0.25, 0.3) is 0 Å². The van der Waals surface area contributed by atoms with Crippen LogP contribution in [0.1, 0.15) is 19.5 Å². The van der Waals surface area contributed by atoms with Crippen molar-refractivity contribution < 1.29 is 4.39 Å².